The molecule has 144 valence electrons. The third kappa shape index (κ3) is 5.27. The van der Waals surface area contributed by atoms with Gasteiger partial charge in [0.25, 0.3) is 11.6 Å². The minimum absolute atomic E-state index is 0.0831. The van der Waals surface area contributed by atoms with Gasteiger partial charge in [-0.1, -0.05) is 11.6 Å². The van der Waals surface area contributed by atoms with Crippen LogP contribution in [0.15, 0.2) is 59.1 Å². The van der Waals surface area contributed by atoms with E-state index in [1.807, 2.05) is 0 Å². The number of carbonyl (C=O) groups is 1. The topological polar surface area (TPSA) is 168 Å². The Morgan fingerprint density at radius 3 is 2.36 bits per heavy atom. The van der Waals surface area contributed by atoms with E-state index in [4.69, 9.17) is 22.0 Å². The first-order valence-electron chi connectivity index (χ1n) is 7.37. The molecular weight excluding hydrogens is 410 g/mol. The molecule has 0 spiro atoms. The molecule has 10 nitrogen and oxygen atoms in total. The lowest BCUT2D eigenvalue weighted by Crippen LogP contribution is -2.14. The highest BCUT2D eigenvalue weighted by Gasteiger charge is 2.15. The van der Waals surface area contributed by atoms with Gasteiger partial charge in [-0.2, -0.15) is 5.26 Å². The second kappa shape index (κ2) is 8.49. The minimum Gasteiger partial charge on any atom is -0.360 e. The van der Waals surface area contributed by atoms with Crippen molar-refractivity contribution in [2.24, 2.45) is 5.14 Å². The number of nitro benzene ring substituents is 1. The SMILES string of the molecule is N#C/C(=C/Nc1ccc(S(N)(=O)=O)cc1)C(=O)Nc1ccc(Cl)c([N+](=O)[O-])c1. The van der Waals surface area contributed by atoms with Crippen molar-refractivity contribution in [3.05, 3.63) is 69.4 Å². The van der Waals surface area contributed by atoms with Crippen LogP contribution in [0.1, 0.15) is 0 Å². The highest BCUT2D eigenvalue weighted by molar-refractivity contribution is 7.89. The maximum Gasteiger partial charge on any atom is 0.289 e. The number of rotatable bonds is 6. The van der Waals surface area contributed by atoms with E-state index in [0.717, 1.165) is 12.3 Å². The summed E-state index contributed by atoms with van der Waals surface area (Å²) in [6.45, 7) is 0. The van der Waals surface area contributed by atoms with Crippen molar-refractivity contribution in [3.63, 3.8) is 0 Å². The number of sulfonamides is 1. The summed E-state index contributed by atoms with van der Waals surface area (Å²) in [5.41, 5.74) is -0.238. The van der Waals surface area contributed by atoms with Crippen molar-refractivity contribution in [3.8, 4) is 6.07 Å². The highest BCUT2D eigenvalue weighted by atomic mass is 35.5. The van der Waals surface area contributed by atoms with Crippen molar-refractivity contribution in [2.75, 3.05) is 10.6 Å². The van der Waals surface area contributed by atoms with Gasteiger partial charge < -0.3 is 10.6 Å². The molecule has 0 radical (unpaired) electrons. The van der Waals surface area contributed by atoms with Crippen LogP contribution in [0.2, 0.25) is 5.02 Å². The Bertz CT molecular complexity index is 1110. The summed E-state index contributed by atoms with van der Waals surface area (Å²) in [4.78, 5) is 22.3. The number of halogens is 1. The lowest BCUT2D eigenvalue weighted by molar-refractivity contribution is -0.384. The Morgan fingerprint density at radius 2 is 1.82 bits per heavy atom. The Kier molecular flexibility index (Phi) is 6.32. The van der Waals surface area contributed by atoms with Gasteiger partial charge in [-0.15, -0.1) is 0 Å². The number of benzene rings is 2. The second-order valence-corrected chi connectivity index (χ2v) is 7.23. The van der Waals surface area contributed by atoms with E-state index >= 15 is 0 Å². The number of hydrogen-bond acceptors (Lipinski definition) is 7. The zero-order valence-electron chi connectivity index (χ0n) is 13.9. The molecule has 0 saturated carbocycles. The van der Waals surface area contributed by atoms with E-state index in [1.165, 1.54) is 36.4 Å². The molecule has 2 aromatic rings. The van der Waals surface area contributed by atoms with Gasteiger partial charge in [-0.25, -0.2) is 13.6 Å². The smallest absolute Gasteiger partial charge is 0.289 e. The maximum absolute atomic E-state index is 12.2. The number of nitrogens with two attached hydrogens (primary N) is 1. The first-order chi connectivity index (χ1) is 13.1. The number of amides is 1. The monoisotopic (exact) mass is 421 g/mol. The van der Waals surface area contributed by atoms with Gasteiger partial charge in [0.15, 0.2) is 0 Å². The van der Waals surface area contributed by atoms with E-state index in [0.29, 0.717) is 5.69 Å². The van der Waals surface area contributed by atoms with Gasteiger partial charge in [0, 0.05) is 23.6 Å². The van der Waals surface area contributed by atoms with Gasteiger partial charge in [-0.3, -0.25) is 14.9 Å². The lowest BCUT2D eigenvalue weighted by atomic mass is 10.2. The van der Waals surface area contributed by atoms with Gasteiger partial charge in [0.2, 0.25) is 10.0 Å². The number of carbonyl (C=O) groups excluding carboxylic acids is 1. The van der Waals surface area contributed by atoms with Crippen LogP contribution < -0.4 is 15.8 Å². The van der Waals surface area contributed by atoms with Crippen LogP contribution in [0.25, 0.3) is 0 Å². The van der Waals surface area contributed by atoms with Gasteiger partial charge in [0.1, 0.15) is 16.7 Å². The number of nitriles is 1. The molecule has 0 unspecified atom stereocenters. The fraction of sp³-hybridized carbons (Fsp3) is 0. The Balaban J connectivity index is 2.14. The molecule has 4 N–H and O–H groups in total. The molecule has 28 heavy (non-hydrogen) atoms. The van der Waals surface area contributed by atoms with Crippen molar-refractivity contribution in [1.29, 1.82) is 5.26 Å². The number of anilines is 2. The summed E-state index contributed by atoms with van der Waals surface area (Å²) in [6, 6.07) is 10.6. The Hall–Kier alpha value is -3.46. The van der Waals surface area contributed by atoms with Crippen LogP contribution in [-0.2, 0) is 14.8 Å². The van der Waals surface area contributed by atoms with E-state index in [2.05, 4.69) is 10.6 Å². The van der Waals surface area contributed by atoms with Crippen LogP contribution in [0.5, 0.6) is 0 Å². The highest BCUT2D eigenvalue weighted by Crippen LogP contribution is 2.27. The molecule has 0 aliphatic heterocycles. The normalized spacial score (nSPS) is 11.4. The Labute approximate surface area is 164 Å². The maximum atomic E-state index is 12.2. The second-order valence-electron chi connectivity index (χ2n) is 5.26. The summed E-state index contributed by atoms with van der Waals surface area (Å²) in [7, 11) is -3.83. The summed E-state index contributed by atoms with van der Waals surface area (Å²) in [5.74, 6) is -0.812. The van der Waals surface area contributed by atoms with Crippen LogP contribution in [0.3, 0.4) is 0 Å². The van der Waals surface area contributed by atoms with Crippen LogP contribution in [0.4, 0.5) is 17.1 Å². The Morgan fingerprint density at radius 1 is 1.21 bits per heavy atom. The molecule has 12 heteroatoms. The molecule has 0 fully saturated rings. The van der Waals surface area contributed by atoms with Crippen LogP contribution >= 0.6 is 11.6 Å². The summed E-state index contributed by atoms with van der Waals surface area (Å²) in [6.07, 6.45) is 1.10. The molecule has 0 saturated heterocycles. The number of primary sulfonamides is 1. The number of nitrogens with zero attached hydrogens (tertiary/aromatic N) is 2. The predicted molar refractivity (Wildman–Crippen MR) is 102 cm³/mol. The molecule has 0 bridgehead atoms. The largest absolute Gasteiger partial charge is 0.360 e. The fourth-order valence-electron chi connectivity index (χ4n) is 1.97. The number of nitrogens with one attached hydrogen (secondary N) is 2. The zero-order chi connectivity index (χ0) is 20.9. The molecule has 2 aromatic carbocycles. The van der Waals surface area contributed by atoms with E-state index in [-0.39, 0.29) is 21.2 Å². The van der Waals surface area contributed by atoms with E-state index < -0.39 is 26.5 Å². The third-order valence-electron chi connectivity index (χ3n) is 3.33. The van der Waals surface area contributed by atoms with Crippen molar-refractivity contribution in [2.45, 2.75) is 4.90 Å². The van der Waals surface area contributed by atoms with Crippen molar-refractivity contribution < 1.29 is 18.1 Å². The average molecular weight is 422 g/mol. The summed E-state index contributed by atoms with van der Waals surface area (Å²) in [5, 5.41) is 30.0. The van der Waals surface area contributed by atoms with Gasteiger partial charge >= 0.3 is 0 Å². The number of hydrogen-bond donors (Lipinski definition) is 3. The summed E-state index contributed by atoms with van der Waals surface area (Å²) < 4.78 is 22.4. The summed E-state index contributed by atoms with van der Waals surface area (Å²) >= 11 is 5.70. The average Bonchev–Trinajstić information content (AvgIpc) is 2.63. The molecule has 2 rings (SSSR count). The zero-order valence-corrected chi connectivity index (χ0v) is 15.5. The van der Waals surface area contributed by atoms with Crippen LogP contribution in [-0.4, -0.2) is 19.2 Å². The van der Waals surface area contributed by atoms with E-state index in [9.17, 15) is 23.3 Å². The van der Waals surface area contributed by atoms with Crippen molar-refractivity contribution >= 4 is 44.6 Å². The first-order valence-corrected chi connectivity index (χ1v) is 9.29. The van der Waals surface area contributed by atoms with Crippen molar-refractivity contribution in [1.82, 2.24) is 0 Å². The fourth-order valence-corrected chi connectivity index (χ4v) is 2.68. The predicted octanol–water partition coefficient (Wildman–Crippen LogP) is 2.35. The molecular formula is C16H12ClN5O5S. The molecule has 0 heterocycles. The molecule has 1 amide bonds. The lowest BCUT2D eigenvalue weighted by Gasteiger charge is -2.06. The third-order valence-corrected chi connectivity index (χ3v) is 4.58. The molecule has 0 aliphatic rings. The van der Waals surface area contributed by atoms with Gasteiger partial charge in [0.05, 0.1) is 9.82 Å². The van der Waals surface area contributed by atoms with E-state index in [1.54, 1.807) is 6.07 Å². The number of nitro groups is 1. The molecule has 0 aliphatic carbocycles. The molecule has 0 aromatic heterocycles. The first kappa shape index (κ1) is 20.8. The van der Waals surface area contributed by atoms with Gasteiger partial charge in [-0.05, 0) is 36.4 Å². The quantitative estimate of drug-likeness (QED) is 0.278. The standard InChI is InChI=1S/C16H12ClN5O5S/c17-14-6-3-12(7-15(14)22(24)25)21-16(23)10(8-18)9-20-11-1-4-13(5-2-11)28(19,26)27/h1-7,9,20H,(H,21,23)(H2,19,26,27)/b10-9-. The van der Waals surface area contributed by atoms with Crippen LogP contribution in [0, 0.1) is 21.4 Å². The minimum atomic E-state index is -3.83. The molecule has 0 atom stereocenters.